The Labute approximate surface area is 781 Å². The zero-order valence-electron chi connectivity index (χ0n) is 78.9. The van der Waals surface area contributed by atoms with Gasteiger partial charge in [0.1, 0.15) is 73.3 Å². The van der Waals surface area contributed by atoms with Crippen LogP contribution >= 0.6 is 0 Å². The van der Waals surface area contributed by atoms with Gasteiger partial charge in [0.25, 0.3) is 0 Å². The maximum Gasteiger partial charge on any atom is 0.407 e. The van der Waals surface area contributed by atoms with E-state index in [2.05, 4.69) is 42.5 Å². The van der Waals surface area contributed by atoms with Gasteiger partial charge in [0, 0.05) is 138 Å². The van der Waals surface area contributed by atoms with Crippen molar-refractivity contribution in [3.05, 3.63) is 0 Å². The molecule has 4 saturated heterocycles. The van der Waals surface area contributed by atoms with E-state index in [9.17, 15) is 103 Å². The second-order valence-corrected chi connectivity index (χ2v) is 34.6. The van der Waals surface area contributed by atoms with Gasteiger partial charge in [-0.3, -0.25) is 47.9 Å². The smallest absolute Gasteiger partial charge is 0.407 e. The van der Waals surface area contributed by atoms with Gasteiger partial charge in [-0.05, 0) is 121 Å². The Morgan fingerprint density at radius 2 is 0.797 bits per heavy atom. The van der Waals surface area contributed by atoms with Gasteiger partial charge in [0.2, 0.25) is 41.4 Å². The number of ether oxygens (including phenoxy) is 13. The van der Waals surface area contributed by atoms with Gasteiger partial charge < -0.3 is 155 Å². The van der Waals surface area contributed by atoms with Crippen LogP contribution < -0.4 is 42.5 Å². The van der Waals surface area contributed by atoms with Crippen molar-refractivity contribution in [3.63, 3.8) is 0 Å². The van der Waals surface area contributed by atoms with E-state index in [1.54, 1.807) is 26.0 Å². The number of Topliss-reactive ketones (excluding diaryl/α,β-unsaturated/α-hetero) is 2. The minimum atomic E-state index is -1.46. The number of unbranched alkanes of at least 4 members (excludes halogenated alkanes) is 11. The Hall–Kier alpha value is -7.12. The van der Waals surface area contributed by atoms with E-state index in [1.165, 1.54) is 13.8 Å². The normalized spacial score (nSPS) is 23.9. The topological polar surface area (TPSA) is 606 Å². The quantitative estimate of drug-likeness (QED) is 0.0227. The first-order valence-corrected chi connectivity index (χ1v) is 47.8. The lowest BCUT2D eigenvalue weighted by Gasteiger charge is -2.42. The summed E-state index contributed by atoms with van der Waals surface area (Å²) in [4.78, 5) is 155. The maximum absolute atomic E-state index is 14.2. The van der Waals surface area contributed by atoms with Gasteiger partial charge in [-0.2, -0.15) is 0 Å². The molecule has 16 unspecified atom stereocenters. The minimum Gasteiger partial charge on any atom is -0.466 e. The molecule has 0 aromatic carbocycles. The van der Waals surface area contributed by atoms with Crippen molar-refractivity contribution in [2.75, 3.05) is 153 Å². The molecule has 768 valence electrons. The fraction of sp³-hybridized carbons (Fsp3) is 0.867. The SMILES string of the molecule is COC[C@H]1C[C@H](OC)CN1C(=O)CCCCC(=O)COCCOCCNC(=O)CCC(=O)CC(CCCOC(=O)CCCCCCCNC(=O)CCCOC1OC(CO)C(O)C(O)C1NC(C)=O)(CCCOC(=O)NCCCCCCNC(=O)CCCOC1OC(CO)C(O)C(O)C1C)CCCOC(=O)NCCCCCCNC(=O)CCCOC1OC(CO)C(O)C(O)C1NC(C)=O. The third-order valence-electron chi connectivity index (χ3n) is 23.6. The number of aliphatic hydroxyl groups excluding tert-OH is 9. The van der Waals surface area contributed by atoms with Gasteiger partial charge in [-0.1, -0.05) is 51.9 Å². The van der Waals surface area contributed by atoms with Crippen molar-refractivity contribution in [2.24, 2.45) is 11.3 Å². The summed E-state index contributed by atoms with van der Waals surface area (Å²) in [6, 6.07) is -2.25. The van der Waals surface area contributed by atoms with Crippen LogP contribution in [0.15, 0.2) is 0 Å². The first-order chi connectivity index (χ1) is 64.0. The highest BCUT2D eigenvalue weighted by Gasteiger charge is 2.48. The Balaban J connectivity index is 1.28. The number of carbonyl (C=O) groups excluding carboxylic acids is 12. The van der Waals surface area contributed by atoms with E-state index in [1.807, 2.05) is 0 Å². The molecule has 4 aliphatic rings. The van der Waals surface area contributed by atoms with Crippen molar-refractivity contribution in [1.29, 1.82) is 0 Å². The molecule has 43 nitrogen and oxygen atoms in total. The van der Waals surface area contributed by atoms with E-state index >= 15 is 0 Å². The van der Waals surface area contributed by atoms with Crippen molar-refractivity contribution >= 4 is 71.1 Å². The molecule has 0 spiro atoms. The van der Waals surface area contributed by atoms with Crippen LogP contribution in [0.3, 0.4) is 0 Å². The summed E-state index contributed by atoms with van der Waals surface area (Å²) in [6.45, 7) is 5.85. The molecule has 133 heavy (non-hydrogen) atoms. The molecule has 0 saturated carbocycles. The molecule has 4 heterocycles. The molecule has 18 atom stereocenters. The molecule has 0 radical (unpaired) electrons. The minimum absolute atomic E-state index is 0.00309. The lowest BCUT2D eigenvalue weighted by molar-refractivity contribution is -0.282. The molecule has 4 rings (SSSR count). The van der Waals surface area contributed by atoms with Crippen molar-refractivity contribution in [1.82, 2.24) is 47.4 Å². The van der Waals surface area contributed by atoms with Crippen LogP contribution in [0.25, 0.3) is 0 Å². The number of methoxy groups -OCH3 is 2. The molecular formula is C90H159N9O34. The van der Waals surface area contributed by atoms with Gasteiger partial charge in [0.05, 0.1) is 104 Å². The molecule has 43 heteroatoms. The summed E-state index contributed by atoms with van der Waals surface area (Å²) < 4.78 is 72.7. The third-order valence-corrected chi connectivity index (χ3v) is 23.6. The van der Waals surface area contributed by atoms with Crippen molar-refractivity contribution in [2.45, 2.75) is 337 Å². The van der Waals surface area contributed by atoms with Crippen LogP contribution in [-0.2, 0) is 110 Å². The van der Waals surface area contributed by atoms with E-state index in [4.69, 9.17) is 61.6 Å². The summed E-state index contributed by atoms with van der Waals surface area (Å²) in [5, 5.41) is 113. The molecule has 0 aliphatic carbocycles. The number of alkyl carbamates (subject to hydrolysis) is 2. The van der Waals surface area contributed by atoms with E-state index in [0.717, 1.165) is 38.5 Å². The van der Waals surface area contributed by atoms with E-state index in [0.29, 0.717) is 161 Å². The van der Waals surface area contributed by atoms with Gasteiger partial charge in [-0.15, -0.1) is 0 Å². The number of amides is 9. The lowest BCUT2D eigenvalue weighted by Crippen LogP contribution is -2.64. The van der Waals surface area contributed by atoms with Gasteiger partial charge in [-0.25, -0.2) is 9.59 Å². The van der Waals surface area contributed by atoms with Crippen LogP contribution in [0, 0.1) is 11.3 Å². The number of aliphatic hydroxyl groups is 9. The Bertz CT molecular complexity index is 3190. The Morgan fingerprint density at radius 1 is 0.391 bits per heavy atom. The van der Waals surface area contributed by atoms with Crippen LogP contribution in [0.2, 0.25) is 0 Å². The molecule has 17 N–H and O–H groups in total. The predicted octanol–water partition coefficient (Wildman–Crippen LogP) is 0.752. The van der Waals surface area contributed by atoms with E-state index in [-0.39, 0.29) is 184 Å². The van der Waals surface area contributed by atoms with Crippen LogP contribution in [0.1, 0.15) is 239 Å². The molecule has 0 bridgehead atoms. The average Bonchev–Trinajstić information content (AvgIpc) is 1.24. The highest BCUT2D eigenvalue weighted by molar-refractivity contribution is 5.85. The van der Waals surface area contributed by atoms with Crippen molar-refractivity contribution in [3.8, 4) is 0 Å². The molecule has 0 aromatic rings. The number of nitrogens with one attached hydrogen (secondary N) is 8. The Morgan fingerprint density at radius 3 is 1.26 bits per heavy atom. The summed E-state index contributed by atoms with van der Waals surface area (Å²) in [5.41, 5.74) is -0.822. The summed E-state index contributed by atoms with van der Waals surface area (Å²) in [6.07, 6.45) is -1.41. The lowest BCUT2D eigenvalue weighted by atomic mass is 9.71. The first-order valence-electron chi connectivity index (χ1n) is 47.8. The first kappa shape index (κ1) is 118. The standard InChI is InChI=1S/C90H159N9O34/c1-61-79(113)80(114)68(56-100)131-85(61)126-44-21-28-71(107)92-39-17-9-11-19-41-95-88(119)129-48-25-36-90(54-65(105)33-34-74(110)94-43-50-123-51-52-124-60-66(106)27-14-15-31-75(111)99-55-67(122-5)53-64(99)59-121-4,35-24-47-125-76(112)32-13-7-6-8-16-38-91-72(108)29-22-45-127-86-77(97-62(2)103)83(117)81(115)69(57-101)132-86)37-26-49-130-89(120)96-42-20-12-10-18-40-93-73(109)30-23-46-128-87-78(98-63(3)104)84(118)82(116)70(58-102)133-87/h61,64,67-70,77-87,100-102,113-118H,6-60H2,1-5H3,(H,91,108)(H,92,107)(H,93,109)(H,94,110)(H,95,119)(H,96,120)(H,97,103)(H,98,104)/t61?,64-,67+,68?,69?,70?,77?,78?,79?,80?,81?,82?,83?,84?,85?,86?,87?,90?/m1/s1. The summed E-state index contributed by atoms with van der Waals surface area (Å²) >= 11 is 0. The highest BCUT2D eigenvalue weighted by atomic mass is 16.7. The molecule has 0 aromatic heterocycles. The van der Waals surface area contributed by atoms with Crippen LogP contribution in [0.5, 0.6) is 0 Å². The van der Waals surface area contributed by atoms with Gasteiger partial charge >= 0.3 is 18.2 Å². The summed E-state index contributed by atoms with van der Waals surface area (Å²) in [7, 11) is 3.22. The Kier molecular flexibility index (Phi) is 62.6. The number of carbonyl (C=O) groups is 12. The number of ketones is 2. The van der Waals surface area contributed by atoms with Crippen LogP contribution in [-0.4, -0.2) is 372 Å². The number of likely N-dealkylation sites (tertiary alicyclic amines) is 1. The number of hydrogen-bond donors (Lipinski definition) is 17. The second kappa shape index (κ2) is 70.5. The third kappa shape index (κ3) is 50.2. The monoisotopic (exact) mass is 1910 g/mol. The molecular weight excluding hydrogens is 1750 g/mol. The number of rotatable bonds is 75. The number of esters is 1. The summed E-state index contributed by atoms with van der Waals surface area (Å²) in [5.74, 6) is -3.28. The van der Waals surface area contributed by atoms with Crippen LogP contribution in [0.4, 0.5) is 9.59 Å². The average molecular weight is 1910 g/mol. The number of hydrogen-bond acceptors (Lipinski definition) is 34. The zero-order valence-corrected chi connectivity index (χ0v) is 78.9. The van der Waals surface area contributed by atoms with Crippen molar-refractivity contribution < 1.29 is 165 Å². The maximum atomic E-state index is 14.2. The largest absolute Gasteiger partial charge is 0.466 e. The molecule has 9 amide bonds. The zero-order chi connectivity index (χ0) is 97.6. The van der Waals surface area contributed by atoms with E-state index < -0.39 is 153 Å². The fourth-order valence-corrected chi connectivity index (χ4v) is 16.1. The molecule has 4 fully saturated rings. The fourth-order valence-electron chi connectivity index (χ4n) is 16.1. The molecule has 4 aliphatic heterocycles. The second-order valence-electron chi connectivity index (χ2n) is 34.6. The highest BCUT2D eigenvalue weighted by Crippen LogP contribution is 2.40. The predicted molar refractivity (Wildman–Crippen MR) is 476 cm³/mol. The number of nitrogens with zero attached hydrogens (tertiary/aromatic N) is 1. The van der Waals surface area contributed by atoms with Gasteiger partial charge in [0.15, 0.2) is 24.7 Å².